The summed E-state index contributed by atoms with van der Waals surface area (Å²) < 4.78 is 5.89. The molecule has 4 heterocycles. The fraction of sp³-hybridized carbons (Fsp3) is 0. The molecule has 0 aliphatic carbocycles. The molecule has 4 aromatic heterocycles. The third-order valence-electron chi connectivity index (χ3n) is 8.28. The molecule has 0 amide bonds. The van der Waals surface area contributed by atoms with Crippen LogP contribution in [0.3, 0.4) is 0 Å². The number of nitrogens with zero attached hydrogens (tertiary/aromatic N) is 6. The van der Waals surface area contributed by atoms with Gasteiger partial charge in [0, 0.05) is 44.8 Å². The molecule has 0 spiro atoms. The van der Waals surface area contributed by atoms with Gasteiger partial charge in [0.05, 0.1) is 16.6 Å². The Morgan fingerprint density at radius 3 is 1.85 bits per heavy atom. The first-order chi connectivity index (χ1) is 23.3. The maximum absolute atomic E-state index is 5.89. The molecule has 0 aliphatic rings. The summed E-state index contributed by atoms with van der Waals surface area (Å²) in [6.45, 7) is 0. The monoisotopic (exact) mass is 604 g/mol. The summed E-state index contributed by atoms with van der Waals surface area (Å²) in [7, 11) is 0. The molecule has 0 atom stereocenters. The van der Waals surface area contributed by atoms with E-state index in [1.807, 2.05) is 121 Å². The standard InChI is InChI=1S/C40H24N6O/c1-3-11-25(12-4-1)37-42-38(26-13-5-2-6-14-26)44-39(43-37)29-17-9-15-27(21-29)30-22-28-16-10-19-32(36(28)41-24-30)34-23-33-31-18-7-8-20-35(31)47-40(33)46-45-34/h1-24H. The minimum Gasteiger partial charge on any atom is -0.436 e. The zero-order valence-electron chi connectivity index (χ0n) is 24.9. The zero-order chi connectivity index (χ0) is 31.2. The minimum absolute atomic E-state index is 0.523. The maximum atomic E-state index is 5.89. The van der Waals surface area contributed by atoms with Gasteiger partial charge in [0.2, 0.25) is 5.71 Å². The number of aromatic nitrogens is 6. The largest absolute Gasteiger partial charge is 0.436 e. The molecule has 9 aromatic rings. The Kier molecular flexibility index (Phi) is 6.31. The van der Waals surface area contributed by atoms with Crippen molar-refractivity contribution in [1.29, 1.82) is 0 Å². The van der Waals surface area contributed by atoms with Crippen LogP contribution in [0.5, 0.6) is 0 Å². The number of hydrogen-bond donors (Lipinski definition) is 0. The van der Waals surface area contributed by atoms with E-state index in [1.165, 1.54) is 0 Å². The zero-order valence-corrected chi connectivity index (χ0v) is 24.9. The molecule has 0 radical (unpaired) electrons. The summed E-state index contributed by atoms with van der Waals surface area (Å²) in [6, 6.07) is 46.5. The fourth-order valence-corrected chi connectivity index (χ4v) is 5.96. The first kappa shape index (κ1) is 26.8. The van der Waals surface area contributed by atoms with Gasteiger partial charge in [0.15, 0.2) is 17.5 Å². The van der Waals surface area contributed by atoms with E-state index in [1.54, 1.807) is 0 Å². The Morgan fingerprint density at radius 1 is 0.447 bits per heavy atom. The lowest BCUT2D eigenvalue weighted by molar-refractivity contribution is 0.646. The van der Waals surface area contributed by atoms with Gasteiger partial charge in [-0.05, 0) is 29.8 Å². The first-order valence-electron chi connectivity index (χ1n) is 15.3. The van der Waals surface area contributed by atoms with E-state index in [-0.39, 0.29) is 0 Å². The van der Waals surface area contributed by atoms with Crippen molar-refractivity contribution in [1.82, 2.24) is 30.1 Å². The first-order valence-corrected chi connectivity index (χ1v) is 15.3. The molecule has 0 saturated heterocycles. The van der Waals surface area contributed by atoms with Crippen molar-refractivity contribution < 1.29 is 4.42 Å². The second kappa shape index (κ2) is 11.1. The van der Waals surface area contributed by atoms with E-state index in [0.29, 0.717) is 23.2 Å². The molecule has 0 unspecified atom stereocenters. The lowest BCUT2D eigenvalue weighted by atomic mass is 10.0. The quantitative estimate of drug-likeness (QED) is 0.193. The van der Waals surface area contributed by atoms with Crippen molar-refractivity contribution in [2.24, 2.45) is 0 Å². The van der Waals surface area contributed by atoms with Gasteiger partial charge >= 0.3 is 0 Å². The molecule has 7 heteroatoms. The van der Waals surface area contributed by atoms with Crippen molar-refractivity contribution in [2.75, 3.05) is 0 Å². The smallest absolute Gasteiger partial charge is 0.247 e. The van der Waals surface area contributed by atoms with Crippen LogP contribution in [0.4, 0.5) is 0 Å². The molecule has 0 saturated carbocycles. The highest BCUT2D eigenvalue weighted by molar-refractivity contribution is 6.05. The summed E-state index contributed by atoms with van der Waals surface area (Å²) >= 11 is 0. The van der Waals surface area contributed by atoms with Crippen LogP contribution in [0.25, 0.3) is 89.5 Å². The van der Waals surface area contributed by atoms with Crippen molar-refractivity contribution >= 4 is 33.0 Å². The topological polar surface area (TPSA) is 90.5 Å². The van der Waals surface area contributed by atoms with Crippen LogP contribution >= 0.6 is 0 Å². The molecule has 0 bridgehead atoms. The lowest BCUT2D eigenvalue weighted by Gasteiger charge is -2.10. The molecule has 0 N–H and O–H groups in total. The summed E-state index contributed by atoms with van der Waals surface area (Å²) in [6.07, 6.45) is 1.91. The highest BCUT2D eigenvalue weighted by atomic mass is 16.3. The van der Waals surface area contributed by atoms with Gasteiger partial charge in [0.1, 0.15) is 5.58 Å². The Balaban J connectivity index is 1.12. The highest BCUT2D eigenvalue weighted by Crippen LogP contribution is 2.34. The lowest BCUT2D eigenvalue weighted by Crippen LogP contribution is -2.00. The molecule has 220 valence electrons. The molecule has 0 fully saturated rings. The SMILES string of the molecule is c1ccc(-c2nc(-c3ccccc3)nc(-c3cccc(-c4cnc5c(-c6cc7c(nn6)oc6ccccc67)cccc5c4)c3)n2)cc1. The molecule has 9 rings (SSSR count). The number of rotatable bonds is 5. The molecule has 5 aromatic carbocycles. The van der Waals surface area contributed by atoms with Gasteiger partial charge in [-0.2, -0.15) is 0 Å². The van der Waals surface area contributed by atoms with E-state index in [0.717, 1.165) is 66.3 Å². The molecular weight excluding hydrogens is 580 g/mol. The number of fused-ring (bicyclic) bond motifs is 4. The Bertz CT molecular complexity index is 2520. The molecule has 0 aliphatic heterocycles. The van der Waals surface area contributed by atoms with Crippen molar-refractivity contribution in [3.63, 3.8) is 0 Å². The van der Waals surface area contributed by atoms with Crippen molar-refractivity contribution in [2.45, 2.75) is 0 Å². The average molecular weight is 605 g/mol. The van der Waals surface area contributed by atoms with Gasteiger partial charge in [-0.25, -0.2) is 15.0 Å². The molecule has 7 nitrogen and oxygen atoms in total. The van der Waals surface area contributed by atoms with E-state index in [2.05, 4.69) is 34.5 Å². The van der Waals surface area contributed by atoms with Crippen LogP contribution in [-0.2, 0) is 0 Å². The van der Waals surface area contributed by atoms with Crippen LogP contribution in [0, 0.1) is 0 Å². The van der Waals surface area contributed by atoms with E-state index < -0.39 is 0 Å². The van der Waals surface area contributed by atoms with Gasteiger partial charge in [0.25, 0.3) is 0 Å². The van der Waals surface area contributed by atoms with Crippen molar-refractivity contribution in [3.05, 3.63) is 146 Å². The summed E-state index contributed by atoms with van der Waals surface area (Å²) in [5.74, 6) is 1.87. The van der Waals surface area contributed by atoms with Gasteiger partial charge < -0.3 is 4.42 Å². The number of benzene rings is 5. The van der Waals surface area contributed by atoms with E-state index >= 15 is 0 Å². The highest BCUT2D eigenvalue weighted by Gasteiger charge is 2.15. The van der Waals surface area contributed by atoms with Crippen LogP contribution < -0.4 is 0 Å². The van der Waals surface area contributed by atoms with Gasteiger partial charge in [-0.3, -0.25) is 4.98 Å². The second-order valence-corrected chi connectivity index (χ2v) is 11.3. The normalized spacial score (nSPS) is 11.4. The van der Waals surface area contributed by atoms with E-state index in [4.69, 9.17) is 24.4 Å². The predicted molar refractivity (Wildman–Crippen MR) is 185 cm³/mol. The molecule has 47 heavy (non-hydrogen) atoms. The molecular formula is C40H24N6O. The van der Waals surface area contributed by atoms with Crippen LogP contribution in [0.1, 0.15) is 0 Å². The summed E-state index contributed by atoms with van der Waals surface area (Å²) in [5, 5.41) is 11.8. The van der Waals surface area contributed by atoms with Crippen LogP contribution in [-0.4, -0.2) is 30.1 Å². The number of para-hydroxylation sites is 2. The number of hydrogen-bond acceptors (Lipinski definition) is 7. The Labute approximate surface area is 269 Å². The Morgan fingerprint density at radius 2 is 1.09 bits per heavy atom. The minimum atomic E-state index is 0.523. The third kappa shape index (κ3) is 4.87. The van der Waals surface area contributed by atoms with Crippen molar-refractivity contribution in [3.8, 4) is 56.5 Å². The van der Waals surface area contributed by atoms with Gasteiger partial charge in [-0.1, -0.05) is 115 Å². The predicted octanol–water partition coefficient (Wildman–Crippen LogP) is 9.44. The van der Waals surface area contributed by atoms with Crippen LogP contribution in [0.2, 0.25) is 0 Å². The third-order valence-corrected chi connectivity index (χ3v) is 8.28. The van der Waals surface area contributed by atoms with Crippen LogP contribution in [0.15, 0.2) is 150 Å². The van der Waals surface area contributed by atoms with Gasteiger partial charge in [-0.15, -0.1) is 10.2 Å². The second-order valence-electron chi connectivity index (χ2n) is 11.3. The fourth-order valence-electron chi connectivity index (χ4n) is 5.96. The number of furan rings is 1. The average Bonchev–Trinajstić information content (AvgIpc) is 3.53. The maximum Gasteiger partial charge on any atom is 0.247 e. The Hall–Kier alpha value is -6.60. The summed E-state index contributed by atoms with van der Waals surface area (Å²) in [5.41, 5.74) is 8.58. The van der Waals surface area contributed by atoms with E-state index in [9.17, 15) is 0 Å². The summed E-state index contributed by atoms with van der Waals surface area (Å²) in [4.78, 5) is 19.6. The number of pyridine rings is 1.